The molecule has 2 aromatic carbocycles. The molecule has 188 valence electrons. The van der Waals surface area contributed by atoms with E-state index in [0.717, 1.165) is 46.3 Å². The summed E-state index contributed by atoms with van der Waals surface area (Å²) in [6.07, 6.45) is 2.94. The van der Waals surface area contributed by atoms with Crippen LogP contribution in [0.2, 0.25) is 5.02 Å². The van der Waals surface area contributed by atoms with Gasteiger partial charge in [-0.25, -0.2) is 8.97 Å². The van der Waals surface area contributed by atoms with E-state index in [1.807, 2.05) is 47.7 Å². The van der Waals surface area contributed by atoms with Crippen LogP contribution in [0.25, 0.3) is 21.7 Å². The molecule has 1 atom stereocenters. The maximum atomic E-state index is 14.0. The van der Waals surface area contributed by atoms with Crippen LogP contribution in [-0.2, 0) is 17.6 Å². The Bertz CT molecular complexity index is 1720. The molecule has 10 heteroatoms. The second-order valence-electron chi connectivity index (χ2n) is 9.42. The Kier molecular flexibility index (Phi) is 6.30. The fourth-order valence-electron chi connectivity index (χ4n) is 4.86. The monoisotopic (exact) mass is 549 g/mol. The van der Waals surface area contributed by atoms with Crippen LogP contribution in [0.4, 0.5) is 5.69 Å². The van der Waals surface area contributed by atoms with Crippen LogP contribution in [0.5, 0.6) is 0 Å². The lowest BCUT2D eigenvalue weighted by atomic mass is 9.89. The fraction of sp³-hybridized carbons (Fsp3) is 0.259. The summed E-state index contributed by atoms with van der Waals surface area (Å²) in [7, 11) is 0. The van der Waals surface area contributed by atoms with Crippen LogP contribution in [0.15, 0.2) is 58.5 Å². The summed E-state index contributed by atoms with van der Waals surface area (Å²) in [6.45, 7) is 4.19. The van der Waals surface area contributed by atoms with Crippen LogP contribution in [0.1, 0.15) is 29.3 Å². The maximum absolute atomic E-state index is 14.0. The summed E-state index contributed by atoms with van der Waals surface area (Å²) < 4.78 is 3.54. The number of carbonyl (C=O) groups is 1. The second kappa shape index (κ2) is 9.63. The van der Waals surface area contributed by atoms with Gasteiger partial charge in [0, 0.05) is 15.6 Å². The topological polar surface area (TPSA) is 81.3 Å². The van der Waals surface area contributed by atoms with Gasteiger partial charge < -0.3 is 5.32 Å². The predicted octanol–water partition coefficient (Wildman–Crippen LogP) is 5.91. The largest absolute Gasteiger partial charge is 0.325 e. The number of para-hydroxylation sites is 1. The van der Waals surface area contributed by atoms with Gasteiger partial charge >= 0.3 is 0 Å². The molecule has 3 aromatic heterocycles. The van der Waals surface area contributed by atoms with Crippen LogP contribution >= 0.6 is 34.7 Å². The molecule has 1 aliphatic carbocycles. The van der Waals surface area contributed by atoms with E-state index in [2.05, 4.69) is 22.4 Å². The van der Waals surface area contributed by atoms with Gasteiger partial charge in [0.15, 0.2) is 5.16 Å². The van der Waals surface area contributed by atoms with Gasteiger partial charge in [0.2, 0.25) is 11.7 Å². The number of fused-ring (bicyclic) bond motifs is 5. The van der Waals surface area contributed by atoms with E-state index in [1.54, 1.807) is 28.0 Å². The molecule has 0 radical (unpaired) electrons. The minimum absolute atomic E-state index is 0.0994. The second-order valence-corrected chi connectivity index (χ2v) is 11.9. The van der Waals surface area contributed by atoms with E-state index in [4.69, 9.17) is 11.6 Å². The van der Waals surface area contributed by atoms with Crippen molar-refractivity contribution in [3.8, 4) is 5.69 Å². The number of nitrogens with one attached hydrogen (secondary N) is 1. The molecule has 0 bridgehead atoms. The summed E-state index contributed by atoms with van der Waals surface area (Å²) in [4.78, 5) is 28.8. The number of nitrogens with zero attached hydrogens (tertiary/aromatic N) is 4. The number of aryl methyl sites for hydroxylation is 2. The van der Waals surface area contributed by atoms with Crippen molar-refractivity contribution < 1.29 is 4.79 Å². The number of aromatic nitrogens is 4. The van der Waals surface area contributed by atoms with Gasteiger partial charge in [-0.1, -0.05) is 48.5 Å². The minimum atomic E-state index is -0.127. The van der Waals surface area contributed by atoms with E-state index in [1.165, 1.54) is 16.6 Å². The normalized spacial score (nSPS) is 15.3. The average Bonchev–Trinajstić information content (AvgIpc) is 3.47. The van der Waals surface area contributed by atoms with Crippen LogP contribution < -0.4 is 10.9 Å². The zero-order valence-corrected chi connectivity index (χ0v) is 22.7. The summed E-state index contributed by atoms with van der Waals surface area (Å²) in [5.74, 6) is 0.980. The number of rotatable bonds is 5. The van der Waals surface area contributed by atoms with Gasteiger partial charge in [0.1, 0.15) is 4.83 Å². The van der Waals surface area contributed by atoms with Crippen molar-refractivity contribution in [1.82, 2.24) is 19.2 Å². The molecule has 0 saturated heterocycles. The number of hydrogen-bond acceptors (Lipinski definition) is 6. The first kappa shape index (κ1) is 24.2. The highest BCUT2D eigenvalue weighted by molar-refractivity contribution is 7.99. The smallest absolute Gasteiger partial charge is 0.268 e. The van der Waals surface area contributed by atoms with Crippen molar-refractivity contribution in [3.05, 3.63) is 79.9 Å². The van der Waals surface area contributed by atoms with Crippen LogP contribution in [0, 0.1) is 12.8 Å². The number of anilines is 1. The lowest BCUT2D eigenvalue weighted by Crippen LogP contribution is -2.23. The van der Waals surface area contributed by atoms with E-state index in [0.29, 0.717) is 27.6 Å². The highest BCUT2D eigenvalue weighted by Crippen LogP contribution is 2.38. The molecule has 37 heavy (non-hydrogen) atoms. The first-order valence-corrected chi connectivity index (χ1v) is 14.3. The molecule has 1 N–H and O–H groups in total. The number of carbonyl (C=O) groups excluding carboxylic acids is 1. The molecule has 3 heterocycles. The Morgan fingerprint density at radius 3 is 2.76 bits per heavy atom. The molecule has 5 aromatic rings. The lowest BCUT2D eigenvalue weighted by Gasteiger charge is -2.18. The zero-order chi connectivity index (χ0) is 25.7. The molecule has 1 aliphatic rings. The Morgan fingerprint density at radius 1 is 1.19 bits per heavy atom. The molecular weight excluding hydrogens is 526 g/mol. The van der Waals surface area contributed by atoms with Crippen molar-refractivity contribution in [1.29, 1.82) is 0 Å². The number of amides is 1. The van der Waals surface area contributed by atoms with Gasteiger partial charge in [-0.2, -0.15) is 0 Å². The fourth-order valence-corrected chi connectivity index (χ4v) is 7.11. The van der Waals surface area contributed by atoms with Crippen LogP contribution in [-0.4, -0.2) is 30.8 Å². The molecule has 0 spiro atoms. The van der Waals surface area contributed by atoms with Crippen molar-refractivity contribution in [2.75, 3.05) is 11.1 Å². The van der Waals surface area contributed by atoms with Gasteiger partial charge in [0.05, 0.1) is 16.8 Å². The van der Waals surface area contributed by atoms with Crippen LogP contribution in [0.3, 0.4) is 0 Å². The standard InChI is InChI=1S/C27H24ClN5O2S2/c1-15-7-12-21-19(13-15)23-24(35)32(18-10-8-17(28)9-11-18)26-30-31-27(33(26)25(23)37-21)36-14-22(34)29-20-6-4-3-5-16(20)2/h3-6,8-11,15H,7,12-14H2,1-2H3,(H,29,34)/t15-/m1/s1. The molecule has 0 unspecified atom stereocenters. The summed E-state index contributed by atoms with van der Waals surface area (Å²) >= 11 is 9.08. The Labute approximate surface area is 226 Å². The molecule has 1 amide bonds. The third-order valence-corrected chi connectivity index (χ3v) is 9.22. The van der Waals surface area contributed by atoms with Crippen molar-refractivity contribution >= 4 is 62.3 Å². The highest BCUT2D eigenvalue weighted by Gasteiger charge is 2.27. The van der Waals surface area contributed by atoms with Gasteiger partial charge in [0.25, 0.3) is 5.56 Å². The number of thiophene rings is 1. The molecule has 0 fully saturated rings. The first-order valence-electron chi connectivity index (χ1n) is 12.1. The average molecular weight is 550 g/mol. The summed E-state index contributed by atoms with van der Waals surface area (Å²) in [6, 6.07) is 14.8. The highest BCUT2D eigenvalue weighted by atomic mass is 35.5. The first-order chi connectivity index (χ1) is 17.9. The van der Waals surface area contributed by atoms with E-state index in [-0.39, 0.29) is 17.2 Å². The van der Waals surface area contributed by atoms with Gasteiger partial charge in [-0.15, -0.1) is 21.5 Å². The summed E-state index contributed by atoms with van der Waals surface area (Å²) in [5.41, 5.74) is 3.50. The maximum Gasteiger partial charge on any atom is 0.268 e. The Hall–Kier alpha value is -3.14. The molecule has 6 rings (SSSR count). The van der Waals surface area contributed by atoms with E-state index in [9.17, 15) is 9.59 Å². The van der Waals surface area contributed by atoms with E-state index < -0.39 is 0 Å². The Morgan fingerprint density at radius 2 is 1.97 bits per heavy atom. The van der Waals surface area contributed by atoms with Crippen molar-refractivity contribution in [3.63, 3.8) is 0 Å². The molecular formula is C27H24ClN5O2S2. The number of benzene rings is 2. The quantitative estimate of drug-likeness (QED) is 0.275. The van der Waals surface area contributed by atoms with E-state index >= 15 is 0 Å². The van der Waals surface area contributed by atoms with Crippen molar-refractivity contribution in [2.24, 2.45) is 5.92 Å². The molecule has 0 saturated carbocycles. The number of hydrogen-bond donors (Lipinski definition) is 1. The number of halogens is 1. The molecule has 0 aliphatic heterocycles. The predicted molar refractivity (Wildman–Crippen MR) is 151 cm³/mol. The zero-order valence-electron chi connectivity index (χ0n) is 20.3. The Balaban J connectivity index is 1.47. The summed E-state index contributed by atoms with van der Waals surface area (Å²) in [5, 5.41) is 13.7. The van der Waals surface area contributed by atoms with Gasteiger partial charge in [-0.05, 0) is 73.6 Å². The molecule has 7 nitrogen and oxygen atoms in total. The SMILES string of the molecule is Cc1ccccc1NC(=O)CSc1nnc2n(-c3ccc(Cl)cc3)c(=O)c3c4c(sc3n12)CC[C@@H](C)C4. The van der Waals surface area contributed by atoms with Gasteiger partial charge in [-0.3, -0.25) is 9.59 Å². The van der Waals surface area contributed by atoms with Crippen molar-refractivity contribution in [2.45, 2.75) is 38.3 Å². The lowest BCUT2D eigenvalue weighted by molar-refractivity contribution is -0.113. The third-order valence-electron chi connectivity index (χ3n) is 6.76. The third kappa shape index (κ3) is 4.35. The minimum Gasteiger partial charge on any atom is -0.325 e. The number of thioether (sulfide) groups is 1.